The largest absolute Gasteiger partial charge is 0.489 e. The van der Waals surface area contributed by atoms with Gasteiger partial charge in [0, 0.05) is 33.2 Å². The van der Waals surface area contributed by atoms with Crippen LogP contribution in [-0.4, -0.2) is 76.7 Å². The van der Waals surface area contributed by atoms with Gasteiger partial charge in [-0.3, -0.25) is 9.89 Å². The predicted molar refractivity (Wildman–Crippen MR) is 101 cm³/mol. The smallest absolute Gasteiger partial charge is 0.191 e. The van der Waals surface area contributed by atoms with E-state index in [-0.39, 0.29) is 23.4 Å². The van der Waals surface area contributed by atoms with E-state index in [4.69, 9.17) is 4.74 Å². The van der Waals surface area contributed by atoms with Gasteiger partial charge < -0.3 is 15.4 Å². The molecule has 9 heteroatoms. The minimum absolute atomic E-state index is 0.119. The fraction of sp³-hybridized carbons (Fsp3) is 0.588. The van der Waals surface area contributed by atoms with Gasteiger partial charge in [-0.15, -0.1) is 0 Å². The monoisotopic (exact) mass is 386 g/mol. The molecule has 1 atom stereocenters. The summed E-state index contributed by atoms with van der Waals surface area (Å²) >= 11 is 0. The number of benzene rings is 1. The van der Waals surface area contributed by atoms with Crippen LogP contribution in [0.3, 0.4) is 0 Å². The van der Waals surface area contributed by atoms with E-state index in [1.54, 1.807) is 19.2 Å². The van der Waals surface area contributed by atoms with Gasteiger partial charge in [0.2, 0.25) is 0 Å². The minimum Gasteiger partial charge on any atom is -0.489 e. The van der Waals surface area contributed by atoms with Crippen molar-refractivity contribution < 1.29 is 17.5 Å². The molecule has 1 saturated heterocycles. The van der Waals surface area contributed by atoms with Crippen LogP contribution in [0.1, 0.15) is 6.92 Å². The molecule has 2 N–H and O–H groups in total. The lowest BCUT2D eigenvalue weighted by Crippen LogP contribution is -2.47. The zero-order valence-electron chi connectivity index (χ0n) is 15.2. The normalized spacial score (nSPS) is 19.0. The second kappa shape index (κ2) is 9.72. The van der Waals surface area contributed by atoms with Crippen LogP contribution in [0.25, 0.3) is 0 Å². The highest BCUT2D eigenvalue weighted by atomic mass is 32.2. The lowest BCUT2D eigenvalue weighted by atomic mass is 10.3. The highest BCUT2D eigenvalue weighted by molar-refractivity contribution is 7.91. The summed E-state index contributed by atoms with van der Waals surface area (Å²) in [7, 11) is -1.15. The van der Waals surface area contributed by atoms with E-state index in [2.05, 4.69) is 20.5 Å². The number of hydrogen-bond acceptors (Lipinski definition) is 5. The molecule has 1 aromatic rings. The molecule has 1 aromatic carbocycles. The van der Waals surface area contributed by atoms with Crippen molar-refractivity contribution in [1.29, 1.82) is 0 Å². The van der Waals surface area contributed by atoms with E-state index in [0.29, 0.717) is 37.9 Å². The van der Waals surface area contributed by atoms with E-state index in [1.807, 2.05) is 6.92 Å². The Kier molecular flexibility index (Phi) is 7.65. The van der Waals surface area contributed by atoms with Crippen LogP contribution in [0, 0.1) is 5.82 Å². The summed E-state index contributed by atoms with van der Waals surface area (Å²) in [4.78, 5) is 6.29. The predicted octanol–water partition coefficient (Wildman–Crippen LogP) is 0.488. The summed E-state index contributed by atoms with van der Waals surface area (Å²) in [6, 6.07) is 5.92. The Labute approximate surface area is 154 Å². The van der Waals surface area contributed by atoms with Gasteiger partial charge in [0.15, 0.2) is 15.8 Å². The lowest BCUT2D eigenvalue weighted by molar-refractivity contribution is 0.223. The third-order valence-corrected chi connectivity index (χ3v) is 5.70. The van der Waals surface area contributed by atoms with Crippen molar-refractivity contribution in [1.82, 2.24) is 15.5 Å². The zero-order valence-corrected chi connectivity index (χ0v) is 16.1. The van der Waals surface area contributed by atoms with Gasteiger partial charge >= 0.3 is 0 Å². The second-order valence-electron chi connectivity index (χ2n) is 6.26. The molecule has 0 radical (unpaired) electrons. The maximum atomic E-state index is 12.9. The number of nitrogens with zero attached hydrogens (tertiary/aromatic N) is 2. The Morgan fingerprint density at radius 3 is 2.54 bits per heavy atom. The maximum absolute atomic E-state index is 12.9. The number of guanidine groups is 1. The summed E-state index contributed by atoms with van der Waals surface area (Å²) < 4.78 is 41.4. The fourth-order valence-corrected chi connectivity index (χ4v) is 3.83. The number of aliphatic imine (C=N–C) groups is 1. The van der Waals surface area contributed by atoms with Gasteiger partial charge in [-0.25, -0.2) is 12.8 Å². The standard InChI is InChI=1S/C17H27FN4O3S/c1-14(25-16-5-3-15(18)4-6-16)13-21-17(19-2)20-7-8-22-9-11-26(23,24)12-10-22/h3-6,14H,7-13H2,1-2H3,(H2,19,20,21). The number of ether oxygens (including phenoxy) is 1. The van der Waals surface area contributed by atoms with E-state index < -0.39 is 9.84 Å². The van der Waals surface area contributed by atoms with Crippen LogP contribution in [-0.2, 0) is 9.84 Å². The molecule has 0 aromatic heterocycles. The van der Waals surface area contributed by atoms with Crippen molar-refractivity contribution in [2.75, 3.05) is 51.3 Å². The molecule has 0 spiro atoms. The molecule has 0 aliphatic carbocycles. The molecule has 0 amide bonds. The Bertz CT molecular complexity index is 680. The molecule has 0 saturated carbocycles. The average molecular weight is 386 g/mol. The van der Waals surface area contributed by atoms with Crippen LogP contribution in [0.2, 0.25) is 0 Å². The second-order valence-corrected chi connectivity index (χ2v) is 8.56. The molecule has 2 rings (SSSR count). The number of hydrogen-bond donors (Lipinski definition) is 2. The first-order valence-corrected chi connectivity index (χ1v) is 10.5. The molecule has 0 bridgehead atoms. The molecule has 146 valence electrons. The van der Waals surface area contributed by atoms with Crippen molar-refractivity contribution in [2.24, 2.45) is 4.99 Å². The van der Waals surface area contributed by atoms with Crippen LogP contribution in [0.4, 0.5) is 4.39 Å². The van der Waals surface area contributed by atoms with Crippen molar-refractivity contribution in [3.8, 4) is 5.75 Å². The highest BCUT2D eigenvalue weighted by Gasteiger charge is 2.20. The zero-order chi connectivity index (χ0) is 19.0. The van der Waals surface area contributed by atoms with Crippen molar-refractivity contribution in [3.05, 3.63) is 30.1 Å². The van der Waals surface area contributed by atoms with Crippen LogP contribution in [0.15, 0.2) is 29.3 Å². The third-order valence-electron chi connectivity index (χ3n) is 4.09. The van der Waals surface area contributed by atoms with Crippen LogP contribution < -0.4 is 15.4 Å². The third kappa shape index (κ3) is 7.17. The first-order chi connectivity index (χ1) is 12.4. The SMILES string of the molecule is CN=C(NCCN1CCS(=O)(=O)CC1)NCC(C)Oc1ccc(F)cc1. The molecule has 1 aliphatic rings. The first kappa shape index (κ1) is 20.4. The van der Waals surface area contributed by atoms with Gasteiger partial charge in [-0.2, -0.15) is 0 Å². The maximum Gasteiger partial charge on any atom is 0.191 e. The molecule has 1 heterocycles. The summed E-state index contributed by atoms with van der Waals surface area (Å²) in [6.07, 6.45) is -0.119. The average Bonchev–Trinajstić information content (AvgIpc) is 2.61. The first-order valence-electron chi connectivity index (χ1n) is 8.67. The summed E-state index contributed by atoms with van der Waals surface area (Å²) in [5.74, 6) is 1.45. The number of rotatable bonds is 7. The molecule has 1 unspecified atom stereocenters. The summed E-state index contributed by atoms with van der Waals surface area (Å²) in [5.41, 5.74) is 0. The van der Waals surface area contributed by atoms with E-state index in [9.17, 15) is 12.8 Å². The van der Waals surface area contributed by atoms with Gasteiger partial charge in [0.25, 0.3) is 0 Å². The van der Waals surface area contributed by atoms with Gasteiger partial charge in [-0.05, 0) is 31.2 Å². The minimum atomic E-state index is -2.84. The van der Waals surface area contributed by atoms with E-state index in [1.165, 1.54) is 12.1 Å². The number of nitrogens with one attached hydrogen (secondary N) is 2. The quantitative estimate of drug-likeness (QED) is 0.524. The van der Waals surface area contributed by atoms with E-state index >= 15 is 0 Å². The Morgan fingerprint density at radius 1 is 1.27 bits per heavy atom. The Morgan fingerprint density at radius 2 is 1.92 bits per heavy atom. The molecule has 1 aliphatic heterocycles. The van der Waals surface area contributed by atoms with Gasteiger partial charge in [0.05, 0.1) is 18.1 Å². The van der Waals surface area contributed by atoms with Gasteiger partial charge in [0.1, 0.15) is 17.7 Å². The Balaban J connectivity index is 1.65. The molecule has 1 fully saturated rings. The lowest BCUT2D eigenvalue weighted by Gasteiger charge is -2.26. The highest BCUT2D eigenvalue weighted by Crippen LogP contribution is 2.12. The van der Waals surface area contributed by atoms with Crippen LogP contribution in [0.5, 0.6) is 5.75 Å². The molecular weight excluding hydrogens is 359 g/mol. The summed E-state index contributed by atoms with van der Waals surface area (Å²) in [5, 5.41) is 6.38. The van der Waals surface area contributed by atoms with Crippen molar-refractivity contribution in [3.63, 3.8) is 0 Å². The Hall–Kier alpha value is -1.87. The van der Waals surface area contributed by atoms with Crippen molar-refractivity contribution in [2.45, 2.75) is 13.0 Å². The fourth-order valence-electron chi connectivity index (χ4n) is 2.55. The molecule has 26 heavy (non-hydrogen) atoms. The summed E-state index contributed by atoms with van der Waals surface area (Å²) in [6.45, 7) is 5.05. The van der Waals surface area contributed by atoms with Crippen LogP contribution >= 0.6 is 0 Å². The molecular formula is C17H27FN4O3S. The van der Waals surface area contributed by atoms with Crippen molar-refractivity contribution >= 4 is 15.8 Å². The molecule has 7 nitrogen and oxygen atoms in total. The topological polar surface area (TPSA) is 83.0 Å². The number of sulfone groups is 1. The number of halogens is 1. The van der Waals surface area contributed by atoms with Gasteiger partial charge in [-0.1, -0.05) is 0 Å². The van der Waals surface area contributed by atoms with E-state index in [0.717, 1.165) is 6.54 Å².